The summed E-state index contributed by atoms with van der Waals surface area (Å²) in [6.45, 7) is 0.395. The van der Waals surface area contributed by atoms with Crippen LogP contribution in [0.2, 0.25) is 0 Å². The number of carbonyl (C=O) groups excluding carboxylic acids is 1. The summed E-state index contributed by atoms with van der Waals surface area (Å²) < 4.78 is 14.5. The van der Waals surface area contributed by atoms with Crippen molar-refractivity contribution in [1.29, 1.82) is 0 Å². The number of anilines is 1. The summed E-state index contributed by atoms with van der Waals surface area (Å²) in [6.07, 6.45) is 1.77. The van der Waals surface area contributed by atoms with Gasteiger partial charge in [0.05, 0.1) is 12.0 Å². The molecule has 92 valence electrons. The smallest absolute Gasteiger partial charge is 0.343 e. The molecule has 1 aliphatic rings. The van der Waals surface area contributed by atoms with E-state index in [0.717, 1.165) is 16.0 Å². The second kappa shape index (κ2) is 3.99. The maximum absolute atomic E-state index is 11.8. The summed E-state index contributed by atoms with van der Waals surface area (Å²) in [5.74, 6) is -0.00378. The zero-order chi connectivity index (χ0) is 12.7. The fourth-order valence-electron chi connectivity index (χ4n) is 1.97. The van der Waals surface area contributed by atoms with Crippen LogP contribution < -0.4 is 10.5 Å². The molecule has 0 saturated heterocycles. The lowest BCUT2D eigenvalue weighted by Crippen LogP contribution is -2.12. The number of aromatic nitrogens is 1. The summed E-state index contributed by atoms with van der Waals surface area (Å²) in [4.78, 5) is 12.8. The number of rotatable bonds is 1. The molecule has 18 heavy (non-hydrogen) atoms. The second-order valence-corrected chi connectivity index (χ2v) is 4.67. The zero-order valence-electron chi connectivity index (χ0n) is 9.60. The van der Waals surface area contributed by atoms with Gasteiger partial charge in [-0.05, 0) is 23.7 Å². The van der Waals surface area contributed by atoms with Crippen LogP contribution in [0.4, 0.5) is 5.69 Å². The fourth-order valence-corrected chi connectivity index (χ4v) is 2.75. The Morgan fingerprint density at radius 3 is 3.17 bits per heavy atom. The van der Waals surface area contributed by atoms with Crippen LogP contribution in [-0.2, 0) is 11.3 Å². The SMILES string of the molecule is COC(=O)c1c(N)ccc2c1OCc1cnsc1-2. The summed E-state index contributed by atoms with van der Waals surface area (Å²) >= 11 is 1.38. The van der Waals surface area contributed by atoms with E-state index in [0.29, 0.717) is 18.0 Å². The van der Waals surface area contributed by atoms with Crippen LogP contribution in [0.1, 0.15) is 15.9 Å². The van der Waals surface area contributed by atoms with Gasteiger partial charge in [0.15, 0.2) is 0 Å². The predicted molar refractivity (Wildman–Crippen MR) is 67.6 cm³/mol. The van der Waals surface area contributed by atoms with Crippen molar-refractivity contribution in [2.45, 2.75) is 6.61 Å². The van der Waals surface area contributed by atoms with Crippen molar-refractivity contribution >= 4 is 23.2 Å². The molecule has 5 nitrogen and oxygen atoms in total. The second-order valence-electron chi connectivity index (χ2n) is 3.87. The molecule has 1 aromatic heterocycles. The minimum absolute atomic E-state index is 0.286. The summed E-state index contributed by atoms with van der Waals surface area (Å²) in [7, 11) is 1.32. The van der Waals surface area contributed by atoms with Crippen LogP contribution >= 0.6 is 11.5 Å². The Morgan fingerprint density at radius 1 is 1.56 bits per heavy atom. The first-order chi connectivity index (χ1) is 8.72. The Balaban J connectivity index is 2.26. The van der Waals surface area contributed by atoms with Crippen molar-refractivity contribution in [2.75, 3.05) is 12.8 Å². The molecule has 1 aliphatic heterocycles. The van der Waals surface area contributed by atoms with E-state index in [4.69, 9.17) is 15.2 Å². The van der Waals surface area contributed by atoms with Gasteiger partial charge in [0.2, 0.25) is 0 Å². The van der Waals surface area contributed by atoms with Crippen molar-refractivity contribution in [3.63, 3.8) is 0 Å². The van der Waals surface area contributed by atoms with Crippen LogP contribution in [0.5, 0.6) is 5.75 Å². The molecule has 6 heteroatoms. The largest absolute Gasteiger partial charge is 0.487 e. The fraction of sp³-hybridized carbons (Fsp3) is 0.167. The third kappa shape index (κ3) is 1.46. The molecule has 0 unspecified atom stereocenters. The number of fused-ring (bicyclic) bond motifs is 3. The Bertz CT molecular complexity index is 636. The monoisotopic (exact) mass is 262 g/mol. The molecule has 0 radical (unpaired) electrons. The van der Waals surface area contributed by atoms with Gasteiger partial charge in [-0.15, -0.1) is 0 Å². The molecule has 1 aromatic carbocycles. The highest BCUT2D eigenvalue weighted by atomic mass is 32.1. The van der Waals surface area contributed by atoms with Gasteiger partial charge in [-0.25, -0.2) is 9.17 Å². The lowest BCUT2D eigenvalue weighted by Gasteiger charge is -2.20. The van der Waals surface area contributed by atoms with E-state index in [1.807, 2.05) is 6.07 Å². The van der Waals surface area contributed by atoms with Crippen LogP contribution in [0.15, 0.2) is 18.3 Å². The topological polar surface area (TPSA) is 74.4 Å². The number of ether oxygens (including phenoxy) is 2. The quantitative estimate of drug-likeness (QED) is 0.629. The zero-order valence-corrected chi connectivity index (χ0v) is 10.4. The van der Waals surface area contributed by atoms with E-state index in [9.17, 15) is 4.79 Å². The Hall–Kier alpha value is -2.08. The van der Waals surface area contributed by atoms with Gasteiger partial charge >= 0.3 is 5.97 Å². The van der Waals surface area contributed by atoms with E-state index in [1.54, 1.807) is 12.3 Å². The Labute approximate surface area is 107 Å². The first-order valence-corrected chi connectivity index (χ1v) is 6.07. The molecule has 2 aromatic rings. The third-order valence-corrected chi connectivity index (χ3v) is 3.72. The predicted octanol–water partition coefficient (Wildman–Crippen LogP) is 2.07. The average molecular weight is 262 g/mol. The minimum Gasteiger partial charge on any atom is -0.487 e. The lowest BCUT2D eigenvalue weighted by atomic mass is 10.0. The number of benzene rings is 1. The number of carbonyl (C=O) groups is 1. The number of hydrogen-bond donors (Lipinski definition) is 1. The molecule has 0 aliphatic carbocycles. The highest BCUT2D eigenvalue weighted by Gasteiger charge is 2.27. The first-order valence-electron chi connectivity index (χ1n) is 5.30. The number of nitrogens with two attached hydrogens (primary N) is 1. The molecule has 2 heterocycles. The van der Waals surface area contributed by atoms with Crippen molar-refractivity contribution in [3.8, 4) is 16.2 Å². The number of esters is 1. The molecule has 0 saturated carbocycles. The van der Waals surface area contributed by atoms with Crippen molar-refractivity contribution in [3.05, 3.63) is 29.5 Å². The Morgan fingerprint density at radius 2 is 2.39 bits per heavy atom. The minimum atomic E-state index is -0.489. The number of nitrogens with zero attached hydrogens (tertiary/aromatic N) is 1. The molecular weight excluding hydrogens is 252 g/mol. The van der Waals surface area contributed by atoms with E-state index < -0.39 is 5.97 Å². The normalized spacial score (nSPS) is 12.3. The van der Waals surface area contributed by atoms with E-state index in [-0.39, 0.29) is 5.56 Å². The van der Waals surface area contributed by atoms with Crippen LogP contribution in [0.3, 0.4) is 0 Å². The van der Waals surface area contributed by atoms with Crippen LogP contribution in [0.25, 0.3) is 10.4 Å². The molecule has 0 amide bonds. The molecule has 0 spiro atoms. The van der Waals surface area contributed by atoms with Gasteiger partial charge in [-0.2, -0.15) is 0 Å². The number of methoxy groups -OCH3 is 1. The summed E-state index contributed by atoms with van der Waals surface area (Å²) in [6, 6.07) is 3.52. The Kier molecular flexibility index (Phi) is 2.45. The number of nitrogen functional groups attached to an aromatic ring is 1. The molecular formula is C12H10N2O3S. The third-order valence-electron chi connectivity index (χ3n) is 2.84. The molecule has 0 bridgehead atoms. The summed E-state index contributed by atoms with van der Waals surface area (Å²) in [5.41, 5.74) is 8.33. The van der Waals surface area contributed by atoms with Gasteiger partial charge in [0.25, 0.3) is 0 Å². The van der Waals surface area contributed by atoms with E-state index in [2.05, 4.69) is 4.37 Å². The highest BCUT2D eigenvalue weighted by Crippen LogP contribution is 2.43. The lowest BCUT2D eigenvalue weighted by molar-refractivity contribution is 0.0597. The highest BCUT2D eigenvalue weighted by molar-refractivity contribution is 7.09. The molecule has 0 fully saturated rings. The van der Waals surface area contributed by atoms with Crippen molar-refractivity contribution < 1.29 is 14.3 Å². The molecule has 2 N–H and O–H groups in total. The van der Waals surface area contributed by atoms with Crippen molar-refractivity contribution in [1.82, 2.24) is 4.37 Å². The molecule has 0 atom stereocenters. The first kappa shape index (κ1) is 11.0. The van der Waals surface area contributed by atoms with Crippen LogP contribution in [-0.4, -0.2) is 17.5 Å². The van der Waals surface area contributed by atoms with Gasteiger partial charge in [0, 0.05) is 23.0 Å². The number of hydrogen-bond acceptors (Lipinski definition) is 6. The van der Waals surface area contributed by atoms with Gasteiger partial charge in [-0.1, -0.05) is 0 Å². The van der Waals surface area contributed by atoms with Crippen molar-refractivity contribution in [2.24, 2.45) is 0 Å². The van der Waals surface area contributed by atoms with E-state index >= 15 is 0 Å². The van der Waals surface area contributed by atoms with Gasteiger partial charge in [0.1, 0.15) is 17.9 Å². The standard InChI is InChI=1S/C12H10N2O3S/c1-16-12(15)9-8(13)3-2-7-10(9)17-5-6-4-14-18-11(6)7/h2-4H,5,13H2,1H3. The molecule has 3 rings (SSSR count). The van der Waals surface area contributed by atoms with Gasteiger partial charge in [-0.3, -0.25) is 0 Å². The van der Waals surface area contributed by atoms with Crippen LogP contribution in [0, 0.1) is 0 Å². The summed E-state index contributed by atoms with van der Waals surface area (Å²) in [5, 5.41) is 0. The van der Waals surface area contributed by atoms with E-state index in [1.165, 1.54) is 18.6 Å². The maximum atomic E-state index is 11.8. The average Bonchev–Trinajstić information content (AvgIpc) is 2.86. The maximum Gasteiger partial charge on any atom is 0.343 e. The van der Waals surface area contributed by atoms with Gasteiger partial charge < -0.3 is 15.2 Å².